The van der Waals surface area contributed by atoms with Gasteiger partial charge in [-0.1, -0.05) is 34.4 Å². The van der Waals surface area contributed by atoms with Gasteiger partial charge in [0.1, 0.15) is 5.76 Å². The molecule has 1 atom stereocenters. The molecule has 3 rings (SSSR count). The minimum Gasteiger partial charge on any atom is -0.469 e. The van der Waals surface area contributed by atoms with Gasteiger partial charge in [0.25, 0.3) is 11.8 Å². The van der Waals surface area contributed by atoms with Crippen LogP contribution in [0.4, 0.5) is 0 Å². The van der Waals surface area contributed by atoms with Crippen LogP contribution in [0.5, 0.6) is 0 Å². The van der Waals surface area contributed by atoms with Crippen LogP contribution < -0.4 is 10.9 Å². The van der Waals surface area contributed by atoms with E-state index in [4.69, 9.17) is 32.5 Å². The number of furan rings is 1. The van der Waals surface area contributed by atoms with Gasteiger partial charge in [-0.15, -0.1) is 0 Å². The summed E-state index contributed by atoms with van der Waals surface area (Å²) in [5.41, 5.74) is 6.10. The van der Waals surface area contributed by atoms with Gasteiger partial charge in [0.15, 0.2) is 0 Å². The molecule has 0 saturated heterocycles. The van der Waals surface area contributed by atoms with E-state index in [9.17, 15) is 9.59 Å². The van der Waals surface area contributed by atoms with Crippen LogP contribution in [-0.2, 0) is 9.63 Å². The van der Waals surface area contributed by atoms with E-state index in [0.717, 1.165) is 0 Å². The number of hydrogen-bond donors (Lipinski definition) is 2. The Morgan fingerprint density at radius 1 is 1.24 bits per heavy atom. The predicted octanol–water partition coefficient (Wildman–Crippen LogP) is 2.85. The van der Waals surface area contributed by atoms with Crippen LogP contribution in [0.2, 0.25) is 10.0 Å². The second-order valence-electron chi connectivity index (χ2n) is 5.29. The SMILES string of the molecule is Cc1occc1C(=O)NNC(=O)[C@@H]1CC(c2ccc(Cl)cc2Cl)=NO1. The lowest BCUT2D eigenvalue weighted by Crippen LogP contribution is -2.46. The second kappa shape index (κ2) is 7.16. The lowest BCUT2D eigenvalue weighted by atomic mass is 10.0. The van der Waals surface area contributed by atoms with Gasteiger partial charge in [0.2, 0.25) is 6.10 Å². The van der Waals surface area contributed by atoms with Crippen molar-refractivity contribution in [1.82, 2.24) is 10.9 Å². The van der Waals surface area contributed by atoms with Crippen LogP contribution in [-0.4, -0.2) is 23.6 Å². The van der Waals surface area contributed by atoms with Gasteiger partial charge in [-0.3, -0.25) is 20.4 Å². The summed E-state index contributed by atoms with van der Waals surface area (Å²) >= 11 is 12.0. The van der Waals surface area contributed by atoms with Crippen LogP contribution in [0.15, 0.2) is 40.1 Å². The fourth-order valence-electron chi connectivity index (χ4n) is 2.29. The maximum Gasteiger partial charge on any atom is 0.282 e. The van der Waals surface area contributed by atoms with Crippen molar-refractivity contribution in [3.05, 3.63) is 57.5 Å². The number of amides is 2. The topological polar surface area (TPSA) is 92.9 Å². The van der Waals surface area contributed by atoms with E-state index in [2.05, 4.69) is 16.0 Å². The predicted molar refractivity (Wildman–Crippen MR) is 91.5 cm³/mol. The zero-order valence-corrected chi connectivity index (χ0v) is 14.5. The first-order valence-corrected chi connectivity index (χ1v) is 8.03. The van der Waals surface area contributed by atoms with E-state index in [1.165, 1.54) is 12.3 Å². The summed E-state index contributed by atoms with van der Waals surface area (Å²) in [6.45, 7) is 1.65. The van der Waals surface area contributed by atoms with Crippen molar-refractivity contribution < 1.29 is 18.8 Å². The number of aryl methyl sites for hydroxylation is 1. The van der Waals surface area contributed by atoms with Gasteiger partial charge in [0.05, 0.1) is 22.6 Å². The molecule has 2 heterocycles. The molecule has 2 aromatic rings. The molecule has 1 aromatic carbocycles. The molecule has 0 bridgehead atoms. The number of benzene rings is 1. The molecule has 130 valence electrons. The van der Waals surface area contributed by atoms with Gasteiger partial charge in [-0.05, 0) is 25.1 Å². The first-order chi connectivity index (χ1) is 12.0. The molecule has 1 aliphatic rings. The van der Waals surface area contributed by atoms with E-state index >= 15 is 0 Å². The Hall–Kier alpha value is -2.51. The van der Waals surface area contributed by atoms with E-state index in [-0.39, 0.29) is 6.42 Å². The molecule has 25 heavy (non-hydrogen) atoms. The summed E-state index contributed by atoms with van der Waals surface area (Å²) < 4.78 is 5.04. The highest BCUT2D eigenvalue weighted by Crippen LogP contribution is 2.25. The van der Waals surface area contributed by atoms with E-state index in [1.807, 2.05) is 0 Å². The Bertz CT molecular complexity index is 863. The third kappa shape index (κ3) is 3.78. The molecule has 0 radical (unpaired) electrons. The summed E-state index contributed by atoms with van der Waals surface area (Å²) in [6.07, 6.45) is 0.739. The Morgan fingerprint density at radius 2 is 2.04 bits per heavy atom. The van der Waals surface area contributed by atoms with Crippen molar-refractivity contribution >= 4 is 40.7 Å². The number of carbonyl (C=O) groups is 2. The average Bonchev–Trinajstić information content (AvgIpc) is 3.21. The molecule has 0 aliphatic carbocycles. The Kier molecular flexibility index (Phi) is 4.96. The summed E-state index contributed by atoms with van der Waals surface area (Å²) in [5.74, 6) is -0.565. The van der Waals surface area contributed by atoms with Crippen LogP contribution in [0.3, 0.4) is 0 Å². The molecule has 2 amide bonds. The molecule has 0 unspecified atom stereocenters. The normalized spacial score (nSPS) is 16.1. The fourth-order valence-corrected chi connectivity index (χ4v) is 2.80. The molecule has 0 fully saturated rings. The second-order valence-corrected chi connectivity index (χ2v) is 6.14. The zero-order chi connectivity index (χ0) is 18.0. The molecule has 9 heteroatoms. The molecule has 0 spiro atoms. The smallest absolute Gasteiger partial charge is 0.282 e. The summed E-state index contributed by atoms with van der Waals surface area (Å²) in [5, 5.41) is 4.81. The fraction of sp³-hybridized carbons (Fsp3) is 0.188. The Balaban J connectivity index is 1.57. The van der Waals surface area contributed by atoms with Gasteiger partial charge in [0, 0.05) is 17.0 Å². The highest BCUT2D eigenvalue weighted by Gasteiger charge is 2.30. The van der Waals surface area contributed by atoms with Crippen molar-refractivity contribution in [3.8, 4) is 0 Å². The van der Waals surface area contributed by atoms with Gasteiger partial charge < -0.3 is 9.25 Å². The minimum atomic E-state index is -0.868. The van der Waals surface area contributed by atoms with Crippen molar-refractivity contribution in [2.24, 2.45) is 5.16 Å². The summed E-state index contributed by atoms with van der Waals surface area (Å²) in [6, 6.07) is 6.47. The van der Waals surface area contributed by atoms with Crippen molar-refractivity contribution in [1.29, 1.82) is 0 Å². The van der Waals surface area contributed by atoms with E-state index in [0.29, 0.717) is 32.6 Å². The number of hydrazine groups is 1. The Labute approximate surface area is 152 Å². The van der Waals surface area contributed by atoms with Crippen LogP contribution in [0, 0.1) is 6.92 Å². The molecule has 1 aliphatic heterocycles. The summed E-state index contributed by atoms with van der Waals surface area (Å²) in [4.78, 5) is 29.2. The molecular weight excluding hydrogens is 369 g/mol. The lowest BCUT2D eigenvalue weighted by molar-refractivity contribution is -0.131. The third-order valence-corrected chi connectivity index (χ3v) is 4.15. The number of hydrogen-bond acceptors (Lipinski definition) is 5. The maximum absolute atomic E-state index is 12.1. The molecule has 7 nitrogen and oxygen atoms in total. The van der Waals surface area contributed by atoms with Crippen molar-refractivity contribution in [2.45, 2.75) is 19.4 Å². The van der Waals surface area contributed by atoms with E-state index in [1.54, 1.807) is 25.1 Å². The monoisotopic (exact) mass is 381 g/mol. The molecule has 2 N–H and O–H groups in total. The first-order valence-electron chi connectivity index (χ1n) is 7.28. The lowest BCUT2D eigenvalue weighted by Gasteiger charge is -2.10. The van der Waals surface area contributed by atoms with Crippen LogP contribution >= 0.6 is 23.2 Å². The highest BCUT2D eigenvalue weighted by atomic mass is 35.5. The van der Waals surface area contributed by atoms with Crippen LogP contribution in [0.1, 0.15) is 28.1 Å². The molecule has 0 saturated carbocycles. The number of nitrogens with zero attached hydrogens (tertiary/aromatic N) is 1. The van der Waals surface area contributed by atoms with Crippen molar-refractivity contribution in [2.75, 3.05) is 0 Å². The third-order valence-electron chi connectivity index (χ3n) is 3.61. The van der Waals surface area contributed by atoms with Gasteiger partial charge >= 0.3 is 0 Å². The zero-order valence-electron chi connectivity index (χ0n) is 13.0. The first kappa shape index (κ1) is 17.3. The number of halogens is 2. The number of nitrogens with one attached hydrogen (secondary N) is 2. The number of carbonyl (C=O) groups excluding carboxylic acids is 2. The summed E-state index contributed by atoms with van der Waals surface area (Å²) in [7, 11) is 0. The number of rotatable bonds is 3. The highest BCUT2D eigenvalue weighted by molar-refractivity contribution is 6.37. The molecular formula is C16H13Cl2N3O4. The maximum atomic E-state index is 12.1. The van der Waals surface area contributed by atoms with Crippen molar-refractivity contribution in [3.63, 3.8) is 0 Å². The van der Waals surface area contributed by atoms with Crippen LogP contribution in [0.25, 0.3) is 0 Å². The Morgan fingerprint density at radius 3 is 2.72 bits per heavy atom. The largest absolute Gasteiger partial charge is 0.469 e. The molecule has 1 aromatic heterocycles. The number of oxime groups is 1. The minimum absolute atomic E-state index is 0.216. The van der Waals surface area contributed by atoms with E-state index < -0.39 is 17.9 Å². The average molecular weight is 382 g/mol. The van der Waals surface area contributed by atoms with Gasteiger partial charge in [-0.2, -0.15) is 0 Å². The standard InChI is InChI=1S/C16H13Cl2N3O4/c1-8-10(4-5-24-8)15(22)19-20-16(23)14-7-13(21-25-14)11-3-2-9(17)6-12(11)18/h2-6,14H,7H2,1H3,(H,19,22)(H,20,23)/t14-/m0/s1. The quantitative estimate of drug-likeness (QED) is 0.799. The van der Waals surface area contributed by atoms with Gasteiger partial charge in [-0.25, -0.2) is 0 Å².